The Morgan fingerprint density at radius 2 is 1.80 bits per heavy atom. The molecule has 2 aromatic carbocycles. The summed E-state index contributed by atoms with van der Waals surface area (Å²) in [6.07, 6.45) is 1.88. The van der Waals surface area contributed by atoms with E-state index in [2.05, 4.69) is 10.2 Å². The second-order valence-electron chi connectivity index (χ2n) is 6.50. The average Bonchev–Trinajstić information content (AvgIpc) is 3.32. The van der Waals surface area contributed by atoms with E-state index in [1.165, 1.54) is 28.0 Å². The Morgan fingerprint density at radius 1 is 1.07 bits per heavy atom. The van der Waals surface area contributed by atoms with Crippen LogP contribution in [0.1, 0.15) is 27.7 Å². The van der Waals surface area contributed by atoms with Crippen LogP contribution in [-0.4, -0.2) is 22.4 Å². The van der Waals surface area contributed by atoms with Crippen molar-refractivity contribution in [3.63, 3.8) is 0 Å². The molecule has 0 bridgehead atoms. The van der Waals surface area contributed by atoms with E-state index >= 15 is 0 Å². The lowest BCUT2D eigenvalue weighted by atomic mass is 9.99. The van der Waals surface area contributed by atoms with Crippen LogP contribution in [0.5, 0.6) is 0 Å². The summed E-state index contributed by atoms with van der Waals surface area (Å²) in [5.41, 5.74) is 0.952. The molecule has 0 aliphatic carbocycles. The predicted molar refractivity (Wildman–Crippen MR) is 119 cm³/mol. The van der Waals surface area contributed by atoms with Crippen molar-refractivity contribution in [3.05, 3.63) is 79.6 Å². The van der Waals surface area contributed by atoms with Gasteiger partial charge in [-0.2, -0.15) is 0 Å². The number of hydrogen-bond donors (Lipinski definition) is 0. The second kappa shape index (κ2) is 7.39. The third kappa shape index (κ3) is 3.02. The molecule has 0 saturated carbocycles. The van der Waals surface area contributed by atoms with Crippen molar-refractivity contribution in [1.82, 2.24) is 10.2 Å². The number of halogens is 2. The molecule has 6 nitrogen and oxygen atoms in total. The van der Waals surface area contributed by atoms with Gasteiger partial charge in [-0.1, -0.05) is 58.4 Å². The molecule has 0 saturated heterocycles. The second-order valence-corrected chi connectivity index (χ2v) is 9.38. The van der Waals surface area contributed by atoms with Crippen LogP contribution in [0.25, 0.3) is 11.0 Å². The maximum Gasteiger partial charge on any atom is 0.297 e. The number of rotatable bonds is 3. The molecule has 1 amide bonds. The summed E-state index contributed by atoms with van der Waals surface area (Å²) in [6.45, 7) is 0. The minimum absolute atomic E-state index is 0.00401. The summed E-state index contributed by atoms with van der Waals surface area (Å²) < 4.78 is 6.60. The maximum absolute atomic E-state index is 13.4. The first kappa shape index (κ1) is 19.6. The fraction of sp³-hybridized carbons (Fsp3) is 0.100. The van der Waals surface area contributed by atoms with Gasteiger partial charge in [0.25, 0.3) is 5.91 Å². The lowest BCUT2D eigenvalue weighted by molar-refractivity contribution is 0.0970. The van der Waals surface area contributed by atoms with Crippen LogP contribution in [0.3, 0.4) is 0 Å². The van der Waals surface area contributed by atoms with Crippen molar-refractivity contribution in [2.75, 3.05) is 11.2 Å². The first-order valence-corrected chi connectivity index (χ1v) is 11.5. The number of carbonyl (C=O) groups excluding carboxylic acids is 1. The van der Waals surface area contributed by atoms with E-state index in [0.29, 0.717) is 36.0 Å². The van der Waals surface area contributed by atoms with Gasteiger partial charge in [0.05, 0.1) is 17.0 Å². The van der Waals surface area contributed by atoms with E-state index in [9.17, 15) is 9.59 Å². The monoisotopic (exact) mass is 475 g/mol. The van der Waals surface area contributed by atoms with Gasteiger partial charge in [-0.3, -0.25) is 14.5 Å². The molecule has 150 valence electrons. The number of carbonyl (C=O) groups is 1. The highest BCUT2D eigenvalue weighted by Crippen LogP contribution is 2.43. The number of aromatic nitrogens is 2. The van der Waals surface area contributed by atoms with Gasteiger partial charge in [-0.15, -0.1) is 10.2 Å². The minimum Gasteiger partial charge on any atom is -0.450 e. The Bertz CT molecular complexity index is 1370. The molecule has 1 aliphatic heterocycles. The molecule has 0 N–H and O–H groups in total. The fourth-order valence-electron chi connectivity index (χ4n) is 3.49. The smallest absolute Gasteiger partial charge is 0.297 e. The standard InChI is InChI=1S/C20H11Cl2N3O3S2/c1-29-20-24-23-19(30-20)25-15(9-2-4-10(21)5-3-9)14-16(26)12-8-11(22)6-7-13(12)28-17(14)18(25)27/h2-8,15H,1H3. The Labute approximate surface area is 188 Å². The van der Waals surface area contributed by atoms with E-state index in [4.69, 9.17) is 27.6 Å². The highest BCUT2D eigenvalue weighted by molar-refractivity contribution is 8.00. The molecule has 4 aromatic rings. The molecule has 0 spiro atoms. The van der Waals surface area contributed by atoms with Crippen LogP contribution in [-0.2, 0) is 0 Å². The summed E-state index contributed by atoms with van der Waals surface area (Å²) in [5, 5.41) is 9.93. The molecule has 10 heteroatoms. The van der Waals surface area contributed by atoms with Crippen LogP contribution in [0, 0.1) is 0 Å². The van der Waals surface area contributed by atoms with Gasteiger partial charge in [0.15, 0.2) is 9.77 Å². The number of amides is 1. The number of fused-ring (bicyclic) bond motifs is 2. The molecule has 5 rings (SSSR count). The minimum atomic E-state index is -0.716. The molecule has 0 fully saturated rings. The lowest BCUT2D eigenvalue weighted by Crippen LogP contribution is -2.29. The average molecular weight is 476 g/mol. The zero-order valence-electron chi connectivity index (χ0n) is 15.3. The fourth-order valence-corrected chi connectivity index (χ4v) is 5.07. The highest BCUT2D eigenvalue weighted by Gasteiger charge is 2.45. The van der Waals surface area contributed by atoms with Gasteiger partial charge in [0, 0.05) is 10.0 Å². The number of thioether (sulfide) groups is 1. The maximum atomic E-state index is 13.4. The van der Waals surface area contributed by atoms with Crippen molar-refractivity contribution < 1.29 is 9.21 Å². The molecule has 30 heavy (non-hydrogen) atoms. The molecule has 3 heterocycles. The topological polar surface area (TPSA) is 76.3 Å². The van der Waals surface area contributed by atoms with Gasteiger partial charge < -0.3 is 4.42 Å². The predicted octanol–water partition coefficient (Wildman–Crippen LogP) is 5.42. The Hall–Kier alpha value is -2.39. The SMILES string of the molecule is CSc1nnc(N2C(=O)c3oc4ccc(Cl)cc4c(=O)c3C2c2ccc(Cl)cc2)s1. The van der Waals surface area contributed by atoms with Crippen molar-refractivity contribution in [2.24, 2.45) is 0 Å². The third-order valence-electron chi connectivity index (χ3n) is 4.79. The first-order valence-electron chi connectivity index (χ1n) is 8.70. The zero-order valence-corrected chi connectivity index (χ0v) is 18.4. The highest BCUT2D eigenvalue weighted by atomic mass is 35.5. The van der Waals surface area contributed by atoms with Crippen LogP contribution in [0.15, 0.2) is 56.0 Å². The van der Waals surface area contributed by atoms with Crippen LogP contribution in [0.4, 0.5) is 5.13 Å². The Morgan fingerprint density at radius 3 is 2.50 bits per heavy atom. The summed E-state index contributed by atoms with van der Waals surface area (Å²) in [4.78, 5) is 28.3. The van der Waals surface area contributed by atoms with Gasteiger partial charge >= 0.3 is 0 Å². The number of nitrogens with zero attached hydrogens (tertiary/aromatic N) is 3. The van der Waals surface area contributed by atoms with Gasteiger partial charge in [0.1, 0.15) is 5.58 Å². The number of benzene rings is 2. The molecule has 0 radical (unpaired) electrons. The van der Waals surface area contributed by atoms with Gasteiger partial charge in [-0.25, -0.2) is 0 Å². The lowest BCUT2D eigenvalue weighted by Gasteiger charge is -2.22. The quantitative estimate of drug-likeness (QED) is 0.290. The van der Waals surface area contributed by atoms with Crippen molar-refractivity contribution in [2.45, 2.75) is 10.4 Å². The first-order chi connectivity index (χ1) is 14.5. The van der Waals surface area contributed by atoms with Crippen molar-refractivity contribution in [3.8, 4) is 0 Å². The molecular formula is C20H11Cl2N3O3S2. The molecule has 1 atom stereocenters. The van der Waals surface area contributed by atoms with Gasteiger partial charge in [-0.05, 0) is 42.2 Å². The number of anilines is 1. The summed E-state index contributed by atoms with van der Waals surface area (Å²) in [6, 6.07) is 11.0. The van der Waals surface area contributed by atoms with E-state index in [1.54, 1.807) is 42.5 Å². The van der Waals surface area contributed by atoms with Gasteiger partial charge in [0.2, 0.25) is 10.9 Å². The summed E-state index contributed by atoms with van der Waals surface area (Å²) >= 11 is 14.8. The Balaban J connectivity index is 1.80. The number of hydrogen-bond acceptors (Lipinski definition) is 7. The molecule has 2 aromatic heterocycles. The van der Waals surface area contributed by atoms with E-state index in [0.717, 1.165) is 0 Å². The van der Waals surface area contributed by atoms with Crippen molar-refractivity contribution in [1.29, 1.82) is 0 Å². The molecule has 1 unspecified atom stereocenters. The van der Waals surface area contributed by atoms with Crippen LogP contribution in [0.2, 0.25) is 10.0 Å². The molecular weight excluding hydrogens is 465 g/mol. The third-order valence-corrected chi connectivity index (χ3v) is 7.18. The largest absolute Gasteiger partial charge is 0.450 e. The molecule has 1 aliphatic rings. The van der Waals surface area contributed by atoms with Crippen LogP contribution >= 0.6 is 46.3 Å². The summed E-state index contributed by atoms with van der Waals surface area (Å²) in [5.74, 6) is -0.446. The van der Waals surface area contributed by atoms with Crippen molar-refractivity contribution >= 4 is 68.3 Å². The van der Waals surface area contributed by atoms with Crippen LogP contribution < -0.4 is 10.3 Å². The van der Waals surface area contributed by atoms with E-state index in [-0.39, 0.29) is 16.8 Å². The van der Waals surface area contributed by atoms with E-state index < -0.39 is 11.9 Å². The summed E-state index contributed by atoms with van der Waals surface area (Å²) in [7, 11) is 0. The normalized spacial score (nSPS) is 15.8. The Kier molecular flexibility index (Phi) is 4.82. The zero-order chi connectivity index (χ0) is 21.0. The van der Waals surface area contributed by atoms with E-state index in [1.807, 2.05) is 6.26 Å².